The average Bonchev–Trinajstić information content (AvgIpc) is 2.75. The van der Waals surface area contributed by atoms with Gasteiger partial charge in [0.25, 0.3) is 0 Å². The highest BCUT2D eigenvalue weighted by Gasteiger charge is 2.23. The van der Waals surface area contributed by atoms with Crippen LogP contribution in [0.5, 0.6) is 0 Å². The summed E-state index contributed by atoms with van der Waals surface area (Å²) >= 11 is 0. The molecule has 0 fully saturated rings. The number of nitrogens with zero attached hydrogens (tertiary/aromatic N) is 1. The molecular weight excluding hydrogens is 232 g/mol. The molecule has 1 aliphatic rings. The first-order chi connectivity index (χ1) is 9.45. The summed E-state index contributed by atoms with van der Waals surface area (Å²) in [6, 6.07) is 21.1. The van der Waals surface area contributed by atoms with E-state index in [4.69, 9.17) is 0 Å². The Morgan fingerprint density at radius 3 is 2.11 bits per heavy atom. The molecule has 2 heteroatoms. The molecule has 0 spiro atoms. The molecule has 1 aliphatic heterocycles. The topological polar surface area (TPSA) is 24.4 Å². The standard InChI is InChI=1S/C17H16N2/c1-3-8-14(9-4-1)16-17(19-13-7-12-18-16)15-10-5-2-6-11-15/h1-13,16-18H/t16-,17+/m1/s1. The van der Waals surface area contributed by atoms with Crippen molar-refractivity contribution < 1.29 is 0 Å². The van der Waals surface area contributed by atoms with Crippen molar-refractivity contribution in [2.75, 3.05) is 0 Å². The number of rotatable bonds is 2. The van der Waals surface area contributed by atoms with Crippen molar-refractivity contribution in [3.8, 4) is 0 Å². The summed E-state index contributed by atoms with van der Waals surface area (Å²) < 4.78 is 0. The van der Waals surface area contributed by atoms with E-state index in [1.165, 1.54) is 11.1 Å². The van der Waals surface area contributed by atoms with E-state index in [1.54, 1.807) is 0 Å². The Hall–Kier alpha value is -2.35. The van der Waals surface area contributed by atoms with Gasteiger partial charge in [0, 0.05) is 6.21 Å². The first kappa shape index (κ1) is 11.7. The first-order valence-electron chi connectivity index (χ1n) is 6.49. The van der Waals surface area contributed by atoms with Gasteiger partial charge in [-0.05, 0) is 23.4 Å². The summed E-state index contributed by atoms with van der Waals surface area (Å²) in [6.07, 6.45) is 5.77. The van der Waals surface area contributed by atoms with Crippen LogP contribution < -0.4 is 5.32 Å². The summed E-state index contributed by atoms with van der Waals surface area (Å²) in [5, 5.41) is 3.44. The number of nitrogens with one attached hydrogen (secondary N) is 1. The third kappa shape index (κ3) is 2.58. The van der Waals surface area contributed by atoms with Gasteiger partial charge < -0.3 is 5.32 Å². The van der Waals surface area contributed by atoms with E-state index in [9.17, 15) is 0 Å². The van der Waals surface area contributed by atoms with Gasteiger partial charge in [0.05, 0.1) is 12.1 Å². The van der Waals surface area contributed by atoms with E-state index in [2.05, 4.69) is 58.8 Å². The second-order valence-electron chi connectivity index (χ2n) is 4.57. The van der Waals surface area contributed by atoms with Gasteiger partial charge in [0.1, 0.15) is 0 Å². The first-order valence-corrected chi connectivity index (χ1v) is 6.49. The van der Waals surface area contributed by atoms with E-state index in [1.807, 2.05) is 30.6 Å². The van der Waals surface area contributed by atoms with Crippen molar-refractivity contribution >= 4 is 6.21 Å². The summed E-state index contributed by atoms with van der Waals surface area (Å²) in [7, 11) is 0. The lowest BCUT2D eigenvalue weighted by molar-refractivity contribution is 0.516. The Labute approximate surface area is 113 Å². The minimum absolute atomic E-state index is 0.0959. The molecule has 19 heavy (non-hydrogen) atoms. The Morgan fingerprint density at radius 1 is 0.789 bits per heavy atom. The summed E-state index contributed by atoms with van der Waals surface area (Å²) in [6.45, 7) is 0. The highest BCUT2D eigenvalue weighted by Crippen LogP contribution is 2.32. The molecule has 0 aliphatic carbocycles. The molecule has 0 bridgehead atoms. The van der Waals surface area contributed by atoms with Crippen molar-refractivity contribution in [2.45, 2.75) is 12.1 Å². The maximum atomic E-state index is 4.68. The monoisotopic (exact) mass is 248 g/mol. The molecule has 2 atom stereocenters. The van der Waals surface area contributed by atoms with Crippen LogP contribution in [0.2, 0.25) is 0 Å². The lowest BCUT2D eigenvalue weighted by Gasteiger charge is -2.24. The molecule has 2 nitrogen and oxygen atoms in total. The second kappa shape index (κ2) is 5.53. The third-order valence-electron chi connectivity index (χ3n) is 3.32. The molecule has 3 rings (SSSR count). The lowest BCUT2D eigenvalue weighted by Crippen LogP contribution is -2.21. The van der Waals surface area contributed by atoms with Gasteiger partial charge in [0.2, 0.25) is 0 Å². The fraction of sp³-hybridized carbons (Fsp3) is 0.118. The van der Waals surface area contributed by atoms with Crippen LogP contribution >= 0.6 is 0 Å². The fourth-order valence-corrected chi connectivity index (χ4v) is 2.39. The molecule has 2 aromatic rings. The highest BCUT2D eigenvalue weighted by molar-refractivity contribution is 5.71. The van der Waals surface area contributed by atoms with Gasteiger partial charge in [-0.3, -0.25) is 4.99 Å². The quantitative estimate of drug-likeness (QED) is 0.861. The van der Waals surface area contributed by atoms with Crippen molar-refractivity contribution in [3.05, 3.63) is 84.1 Å². The van der Waals surface area contributed by atoms with Crippen LogP contribution in [0.4, 0.5) is 0 Å². The van der Waals surface area contributed by atoms with Crippen molar-refractivity contribution in [1.29, 1.82) is 0 Å². The minimum Gasteiger partial charge on any atom is -0.382 e. The Balaban J connectivity index is 2.00. The van der Waals surface area contributed by atoms with E-state index in [-0.39, 0.29) is 12.1 Å². The molecule has 2 aromatic carbocycles. The van der Waals surface area contributed by atoms with Crippen LogP contribution in [0.25, 0.3) is 0 Å². The number of benzene rings is 2. The van der Waals surface area contributed by atoms with Crippen LogP contribution in [0.15, 0.2) is 77.9 Å². The van der Waals surface area contributed by atoms with Gasteiger partial charge >= 0.3 is 0 Å². The van der Waals surface area contributed by atoms with E-state index in [0.29, 0.717) is 0 Å². The van der Waals surface area contributed by atoms with Gasteiger partial charge in [-0.25, -0.2) is 0 Å². The molecule has 0 saturated carbocycles. The van der Waals surface area contributed by atoms with Gasteiger partial charge in [-0.2, -0.15) is 0 Å². The SMILES string of the molecule is C1=CN[C@H](c2ccccc2)[C@H](c2ccccc2)N=C1. The van der Waals surface area contributed by atoms with E-state index >= 15 is 0 Å². The van der Waals surface area contributed by atoms with Crippen LogP contribution in [0, 0.1) is 0 Å². The molecule has 0 radical (unpaired) electrons. The predicted octanol–water partition coefficient (Wildman–Crippen LogP) is 3.66. The maximum Gasteiger partial charge on any atom is 0.0991 e. The zero-order valence-electron chi connectivity index (χ0n) is 10.6. The molecule has 0 amide bonds. The molecule has 1 heterocycles. The number of hydrogen-bond acceptors (Lipinski definition) is 2. The molecule has 94 valence electrons. The van der Waals surface area contributed by atoms with E-state index in [0.717, 1.165) is 0 Å². The highest BCUT2D eigenvalue weighted by atomic mass is 15.0. The van der Waals surface area contributed by atoms with Gasteiger partial charge in [-0.15, -0.1) is 0 Å². The minimum atomic E-state index is 0.0959. The van der Waals surface area contributed by atoms with Gasteiger partial charge in [-0.1, -0.05) is 60.7 Å². The van der Waals surface area contributed by atoms with Crippen LogP contribution in [0.1, 0.15) is 23.2 Å². The largest absolute Gasteiger partial charge is 0.382 e. The molecule has 0 saturated heterocycles. The molecule has 0 unspecified atom stereocenters. The van der Waals surface area contributed by atoms with Crippen LogP contribution in [0.3, 0.4) is 0 Å². The van der Waals surface area contributed by atoms with Crippen molar-refractivity contribution in [2.24, 2.45) is 4.99 Å². The van der Waals surface area contributed by atoms with Crippen molar-refractivity contribution in [1.82, 2.24) is 5.32 Å². The molecular formula is C17H16N2. The maximum absolute atomic E-state index is 4.68. The Morgan fingerprint density at radius 2 is 1.42 bits per heavy atom. The summed E-state index contributed by atoms with van der Waals surface area (Å²) in [5.41, 5.74) is 2.48. The number of aliphatic imine (C=N–C) groups is 1. The van der Waals surface area contributed by atoms with Crippen LogP contribution in [-0.2, 0) is 0 Å². The average molecular weight is 248 g/mol. The smallest absolute Gasteiger partial charge is 0.0991 e. The summed E-state index contributed by atoms with van der Waals surface area (Å²) in [4.78, 5) is 4.68. The molecule has 1 N–H and O–H groups in total. The zero-order valence-corrected chi connectivity index (χ0v) is 10.6. The van der Waals surface area contributed by atoms with Crippen molar-refractivity contribution in [3.63, 3.8) is 0 Å². The predicted molar refractivity (Wildman–Crippen MR) is 79.1 cm³/mol. The number of hydrogen-bond donors (Lipinski definition) is 1. The third-order valence-corrected chi connectivity index (χ3v) is 3.32. The lowest BCUT2D eigenvalue weighted by atomic mass is 9.94. The molecule has 0 aromatic heterocycles. The number of allylic oxidation sites excluding steroid dienone is 1. The summed E-state index contributed by atoms with van der Waals surface area (Å²) in [5.74, 6) is 0. The zero-order chi connectivity index (χ0) is 12.9. The normalized spacial score (nSPS) is 21.7. The fourth-order valence-electron chi connectivity index (χ4n) is 2.39. The van der Waals surface area contributed by atoms with Gasteiger partial charge in [0.15, 0.2) is 0 Å². The Bertz CT molecular complexity index is 573. The second-order valence-corrected chi connectivity index (χ2v) is 4.57. The Kier molecular flexibility index (Phi) is 3.41. The van der Waals surface area contributed by atoms with Crippen LogP contribution in [-0.4, -0.2) is 6.21 Å². The van der Waals surface area contributed by atoms with E-state index < -0.39 is 0 Å².